The molecule has 0 aliphatic carbocycles. The summed E-state index contributed by atoms with van der Waals surface area (Å²) in [4.78, 5) is 26.7. The molecule has 2 atom stereocenters. The van der Waals surface area contributed by atoms with Gasteiger partial charge in [-0.1, -0.05) is 13.8 Å². The number of thioether (sulfide) groups is 1. The maximum atomic E-state index is 12.7. The number of amides is 2. The zero-order valence-electron chi connectivity index (χ0n) is 12.8. The van der Waals surface area contributed by atoms with Crippen LogP contribution in [-0.2, 0) is 4.79 Å². The van der Waals surface area contributed by atoms with Gasteiger partial charge in [0.15, 0.2) is 5.76 Å². The van der Waals surface area contributed by atoms with Gasteiger partial charge in [0.1, 0.15) is 6.04 Å². The third kappa shape index (κ3) is 3.43. The van der Waals surface area contributed by atoms with E-state index in [1.165, 1.54) is 6.26 Å². The van der Waals surface area contributed by atoms with Crippen molar-refractivity contribution >= 4 is 23.6 Å². The zero-order valence-corrected chi connectivity index (χ0v) is 13.6. The molecular formula is C15H22N2O3S. The fourth-order valence-corrected chi connectivity index (χ4v) is 3.89. The predicted octanol–water partition coefficient (Wildman–Crippen LogP) is 2.34. The molecule has 1 aromatic heterocycles. The molecule has 2 heterocycles. The third-order valence-electron chi connectivity index (χ3n) is 3.31. The minimum atomic E-state index is -0.442. The molecule has 1 aromatic rings. The molecule has 0 spiro atoms. The zero-order chi connectivity index (χ0) is 15.6. The Hall–Kier alpha value is -1.43. The molecule has 0 aromatic carbocycles. The monoisotopic (exact) mass is 310 g/mol. The molecule has 1 N–H and O–H groups in total. The third-order valence-corrected chi connectivity index (χ3v) is 4.93. The largest absolute Gasteiger partial charge is 0.459 e. The Balaban J connectivity index is 2.24. The van der Waals surface area contributed by atoms with E-state index in [4.69, 9.17) is 4.42 Å². The quantitative estimate of drug-likeness (QED) is 0.927. The van der Waals surface area contributed by atoms with Crippen LogP contribution in [0.4, 0.5) is 0 Å². The number of hydrogen-bond acceptors (Lipinski definition) is 4. The molecule has 0 radical (unpaired) electrons. The van der Waals surface area contributed by atoms with Crippen LogP contribution in [0.25, 0.3) is 0 Å². The van der Waals surface area contributed by atoms with Gasteiger partial charge in [0, 0.05) is 11.8 Å². The van der Waals surface area contributed by atoms with Gasteiger partial charge in [0.25, 0.3) is 5.91 Å². The molecule has 0 bridgehead atoms. The molecule has 0 saturated carbocycles. The minimum absolute atomic E-state index is 0.00878. The maximum absolute atomic E-state index is 12.7. The van der Waals surface area contributed by atoms with Crippen LogP contribution in [0.1, 0.15) is 38.2 Å². The SMILES string of the molecule is CC(C)NC(=O)C1CSC(C(C)C)N1C(=O)c1ccco1. The van der Waals surface area contributed by atoms with Crippen LogP contribution < -0.4 is 5.32 Å². The fraction of sp³-hybridized carbons (Fsp3) is 0.600. The first kappa shape index (κ1) is 15.9. The van der Waals surface area contributed by atoms with Crippen molar-refractivity contribution in [1.82, 2.24) is 10.2 Å². The van der Waals surface area contributed by atoms with E-state index in [1.807, 2.05) is 13.8 Å². The first-order valence-electron chi connectivity index (χ1n) is 7.20. The standard InChI is InChI=1S/C15H22N2O3S/c1-9(2)15-17(14(19)12-6-5-7-20-12)11(8-21-15)13(18)16-10(3)4/h5-7,9-11,15H,8H2,1-4H3,(H,16,18). The number of carbonyl (C=O) groups excluding carboxylic acids is 2. The Labute approximate surface area is 129 Å². The summed E-state index contributed by atoms with van der Waals surface area (Å²) in [5.41, 5.74) is 0. The van der Waals surface area contributed by atoms with Gasteiger partial charge in [-0.05, 0) is 31.9 Å². The summed E-state index contributed by atoms with van der Waals surface area (Å²) in [6, 6.07) is 2.94. The van der Waals surface area contributed by atoms with Crippen molar-refractivity contribution in [2.75, 3.05) is 5.75 Å². The molecule has 2 amide bonds. The highest BCUT2D eigenvalue weighted by molar-refractivity contribution is 8.00. The normalized spacial score (nSPS) is 22.1. The lowest BCUT2D eigenvalue weighted by Crippen LogP contribution is -2.51. The Morgan fingerprint density at radius 3 is 2.62 bits per heavy atom. The van der Waals surface area contributed by atoms with Gasteiger partial charge in [-0.25, -0.2) is 0 Å². The molecule has 116 valence electrons. The first-order chi connectivity index (χ1) is 9.91. The highest BCUT2D eigenvalue weighted by atomic mass is 32.2. The highest BCUT2D eigenvalue weighted by Gasteiger charge is 2.43. The lowest BCUT2D eigenvalue weighted by Gasteiger charge is -2.30. The van der Waals surface area contributed by atoms with Gasteiger partial charge in [-0.2, -0.15) is 0 Å². The van der Waals surface area contributed by atoms with Crippen LogP contribution in [0.5, 0.6) is 0 Å². The van der Waals surface area contributed by atoms with Crippen LogP contribution in [0.2, 0.25) is 0 Å². The van der Waals surface area contributed by atoms with Crippen LogP contribution in [0, 0.1) is 5.92 Å². The van der Waals surface area contributed by atoms with E-state index in [1.54, 1.807) is 28.8 Å². The van der Waals surface area contributed by atoms with Gasteiger partial charge in [-0.15, -0.1) is 11.8 Å². The number of furan rings is 1. The van der Waals surface area contributed by atoms with Gasteiger partial charge < -0.3 is 14.6 Å². The van der Waals surface area contributed by atoms with Crippen molar-refractivity contribution < 1.29 is 14.0 Å². The van der Waals surface area contributed by atoms with E-state index in [0.717, 1.165) is 0 Å². The molecule has 1 aliphatic rings. The highest BCUT2D eigenvalue weighted by Crippen LogP contribution is 2.35. The average molecular weight is 310 g/mol. The van der Waals surface area contributed by atoms with Gasteiger partial charge in [-0.3, -0.25) is 9.59 Å². The van der Waals surface area contributed by atoms with E-state index in [-0.39, 0.29) is 34.9 Å². The van der Waals surface area contributed by atoms with Gasteiger partial charge in [0.2, 0.25) is 5.91 Å². The number of nitrogens with one attached hydrogen (secondary N) is 1. The van der Waals surface area contributed by atoms with E-state index in [2.05, 4.69) is 19.2 Å². The predicted molar refractivity (Wildman–Crippen MR) is 83.0 cm³/mol. The minimum Gasteiger partial charge on any atom is -0.459 e. The topological polar surface area (TPSA) is 62.6 Å². The second-order valence-electron chi connectivity index (χ2n) is 5.84. The number of carbonyl (C=O) groups is 2. The van der Waals surface area contributed by atoms with Crippen LogP contribution in [-0.4, -0.2) is 39.9 Å². The van der Waals surface area contributed by atoms with Crippen molar-refractivity contribution in [2.24, 2.45) is 5.92 Å². The summed E-state index contributed by atoms with van der Waals surface area (Å²) >= 11 is 1.65. The van der Waals surface area contributed by atoms with Crippen molar-refractivity contribution in [3.63, 3.8) is 0 Å². The summed E-state index contributed by atoms with van der Waals surface area (Å²) in [5, 5.41) is 2.89. The molecule has 2 rings (SSSR count). The molecule has 6 heteroatoms. The Morgan fingerprint density at radius 1 is 1.38 bits per heavy atom. The molecule has 1 aliphatic heterocycles. The number of rotatable bonds is 4. The molecule has 21 heavy (non-hydrogen) atoms. The van der Waals surface area contributed by atoms with E-state index < -0.39 is 6.04 Å². The van der Waals surface area contributed by atoms with E-state index in [9.17, 15) is 9.59 Å². The van der Waals surface area contributed by atoms with Crippen molar-refractivity contribution in [2.45, 2.75) is 45.2 Å². The summed E-state index contributed by atoms with van der Waals surface area (Å²) < 4.78 is 5.21. The molecule has 5 nitrogen and oxygen atoms in total. The summed E-state index contributed by atoms with van der Waals surface area (Å²) in [6.45, 7) is 7.95. The fourth-order valence-electron chi connectivity index (χ4n) is 2.41. The van der Waals surface area contributed by atoms with Crippen LogP contribution in [0.3, 0.4) is 0 Å². The van der Waals surface area contributed by atoms with E-state index >= 15 is 0 Å². The maximum Gasteiger partial charge on any atom is 0.291 e. The molecular weight excluding hydrogens is 288 g/mol. The Bertz CT molecular complexity index is 499. The van der Waals surface area contributed by atoms with Crippen molar-refractivity contribution in [1.29, 1.82) is 0 Å². The van der Waals surface area contributed by atoms with Gasteiger partial charge in [0.05, 0.1) is 11.6 Å². The second-order valence-corrected chi connectivity index (χ2v) is 6.99. The smallest absolute Gasteiger partial charge is 0.291 e. The summed E-state index contributed by atoms with van der Waals surface area (Å²) in [7, 11) is 0. The lowest BCUT2D eigenvalue weighted by atomic mass is 10.1. The first-order valence-corrected chi connectivity index (χ1v) is 8.24. The molecule has 1 fully saturated rings. The second kappa shape index (κ2) is 6.56. The Kier molecular flexibility index (Phi) is 4.98. The van der Waals surface area contributed by atoms with Crippen LogP contribution >= 0.6 is 11.8 Å². The summed E-state index contributed by atoms with van der Waals surface area (Å²) in [5.74, 6) is 0.859. The number of nitrogens with zero attached hydrogens (tertiary/aromatic N) is 1. The van der Waals surface area contributed by atoms with Crippen molar-refractivity contribution in [3.8, 4) is 0 Å². The summed E-state index contributed by atoms with van der Waals surface area (Å²) in [6.07, 6.45) is 1.48. The van der Waals surface area contributed by atoms with E-state index in [0.29, 0.717) is 5.75 Å². The van der Waals surface area contributed by atoms with Crippen LogP contribution in [0.15, 0.2) is 22.8 Å². The molecule has 2 unspecified atom stereocenters. The average Bonchev–Trinajstić information content (AvgIpc) is 3.06. The number of hydrogen-bond donors (Lipinski definition) is 1. The Morgan fingerprint density at radius 2 is 2.10 bits per heavy atom. The lowest BCUT2D eigenvalue weighted by molar-refractivity contribution is -0.125. The molecule has 1 saturated heterocycles. The van der Waals surface area contributed by atoms with Crippen molar-refractivity contribution in [3.05, 3.63) is 24.2 Å². The van der Waals surface area contributed by atoms with Gasteiger partial charge >= 0.3 is 0 Å².